The number of pyridine rings is 1. The van der Waals surface area contributed by atoms with Crippen molar-refractivity contribution in [2.75, 3.05) is 0 Å². The van der Waals surface area contributed by atoms with Gasteiger partial charge in [0, 0.05) is 23.3 Å². The predicted octanol–water partition coefficient (Wildman–Crippen LogP) is 5.43. The summed E-state index contributed by atoms with van der Waals surface area (Å²) in [6.45, 7) is 3.99. The van der Waals surface area contributed by atoms with Crippen LogP contribution in [0, 0.1) is 11.3 Å². The molecule has 3 aromatic carbocycles. The number of hydrogen-bond acceptors (Lipinski definition) is 5. The molecule has 5 aromatic rings. The molecule has 0 aliphatic carbocycles. The highest BCUT2D eigenvalue weighted by atomic mass is 32.3. The average Bonchev–Trinajstić information content (AvgIpc) is 3.20. The van der Waals surface area contributed by atoms with Gasteiger partial charge in [0.25, 0.3) is 0 Å². The summed E-state index contributed by atoms with van der Waals surface area (Å²) in [5.74, 6) is -0.113. The van der Waals surface area contributed by atoms with E-state index in [9.17, 15) is 22.4 Å². The van der Waals surface area contributed by atoms with Crippen LogP contribution in [0.4, 0.5) is 3.89 Å². The fraction of sp³-hybridized carbons (Fsp3) is 0.154. The van der Waals surface area contributed by atoms with Gasteiger partial charge in [-0.3, -0.25) is 4.79 Å². The molecule has 5 rings (SSSR count). The summed E-state index contributed by atoms with van der Waals surface area (Å²) >= 11 is 0. The van der Waals surface area contributed by atoms with Crippen molar-refractivity contribution in [1.29, 1.82) is 5.26 Å². The van der Waals surface area contributed by atoms with E-state index < -0.39 is 10.5 Å². The maximum atomic E-state index is 13.7. The van der Waals surface area contributed by atoms with Crippen LogP contribution in [-0.4, -0.2) is 18.0 Å². The number of benzene rings is 3. The average molecular weight is 490 g/mol. The minimum absolute atomic E-state index is 0.0328. The highest BCUT2D eigenvalue weighted by Crippen LogP contribution is 2.36. The van der Waals surface area contributed by atoms with Crippen molar-refractivity contribution in [3.8, 4) is 22.9 Å². The summed E-state index contributed by atoms with van der Waals surface area (Å²) in [6, 6.07) is 17.2. The lowest BCUT2D eigenvalue weighted by Crippen LogP contribution is -2.10. The fourth-order valence-corrected chi connectivity index (χ4v) is 4.95. The molecule has 0 aliphatic rings. The molecule has 7 nitrogen and oxygen atoms in total. The minimum atomic E-state index is -5.16. The Balaban J connectivity index is 1.84. The van der Waals surface area contributed by atoms with Crippen LogP contribution in [0.25, 0.3) is 44.0 Å². The van der Waals surface area contributed by atoms with E-state index in [1.807, 2.05) is 37.6 Å². The van der Waals surface area contributed by atoms with E-state index in [1.54, 1.807) is 30.3 Å². The lowest BCUT2D eigenvalue weighted by atomic mass is 9.90. The monoisotopic (exact) mass is 489 g/mol. The molecular weight excluding hydrogens is 469 g/mol. The van der Waals surface area contributed by atoms with Crippen molar-refractivity contribution in [2.45, 2.75) is 19.8 Å². The van der Waals surface area contributed by atoms with Gasteiger partial charge < -0.3 is 13.7 Å². The number of nitriles is 1. The maximum absolute atomic E-state index is 13.7. The smallest absolute Gasteiger partial charge is 0.358 e. The Bertz CT molecular complexity index is 1880. The van der Waals surface area contributed by atoms with Gasteiger partial charge in [-0.2, -0.15) is 13.7 Å². The van der Waals surface area contributed by atoms with Crippen LogP contribution in [0.1, 0.15) is 30.9 Å². The quantitative estimate of drug-likeness (QED) is 0.339. The third-order valence-electron chi connectivity index (χ3n) is 6.21. The number of hydrogen-bond donors (Lipinski definition) is 1. The van der Waals surface area contributed by atoms with E-state index in [4.69, 9.17) is 0 Å². The summed E-state index contributed by atoms with van der Waals surface area (Å²) < 4.78 is 41.4. The Labute approximate surface area is 200 Å². The van der Waals surface area contributed by atoms with Gasteiger partial charge >= 0.3 is 10.5 Å². The largest absolute Gasteiger partial charge is 0.488 e. The summed E-state index contributed by atoms with van der Waals surface area (Å²) in [7, 11) is -3.32. The number of nitrogens with zero attached hydrogens (tertiary/aromatic N) is 2. The SMILES string of the molecule is CC(C)c1cc2c(=O)c3c4ccc(C#N)cc4[nH]c3n(C)c2cc1-c1cccc(OS(=O)(=O)F)c1. The lowest BCUT2D eigenvalue weighted by Gasteiger charge is -2.17. The molecule has 0 unspecified atom stereocenters. The molecule has 1 N–H and O–H groups in total. The van der Waals surface area contributed by atoms with Gasteiger partial charge in [0.2, 0.25) is 0 Å². The zero-order chi connectivity index (χ0) is 25.1. The highest BCUT2D eigenvalue weighted by Gasteiger charge is 2.19. The number of H-pyrrole nitrogens is 1. The number of fused-ring (bicyclic) bond motifs is 4. The number of halogens is 1. The molecular formula is C26H20FN3O4S. The van der Waals surface area contributed by atoms with Gasteiger partial charge in [-0.25, -0.2) is 0 Å². The third-order valence-corrected chi connectivity index (χ3v) is 6.60. The zero-order valence-electron chi connectivity index (χ0n) is 19.1. The summed E-state index contributed by atoms with van der Waals surface area (Å²) in [5, 5.41) is 11.1. The first-order valence-corrected chi connectivity index (χ1v) is 12.1. The lowest BCUT2D eigenvalue weighted by molar-refractivity contribution is 0.440. The van der Waals surface area contributed by atoms with Crippen LogP contribution in [-0.2, 0) is 17.6 Å². The first-order valence-electron chi connectivity index (χ1n) is 10.8. The molecule has 0 amide bonds. The number of aromatic amines is 1. The summed E-state index contributed by atoms with van der Waals surface area (Å²) in [4.78, 5) is 16.9. The van der Waals surface area contributed by atoms with E-state index >= 15 is 0 Å². The van der Waals surface area contributed by atoms with Gasteiger partial charge in [-0.05, 0) is 59.0 Å². The first-order chi connectivity index (χ1) is 16.6. The van der Waals surface area contributed by atoms with Crippen molar-refractivity contribution in [1.82, 2.24) is 9.55 Å². The Morgan fingerprint density at radius 1 is 1.09 bits per heavy atom. The molecule has 0 fully saturated rings. The number of aromatic nitrogens is 2. The Morgan fingerprint density at radius 3 is 2.54 bits per heavy atom. The molecule has 0 saturated heterocycles. The van der Waals surface area contributed by atoms with Crippen LogP contribution < -0.4 is 9.61 Å². The second-order valence-corrected chi connectivity index (χ2v) is 9.68. The molecule has 176 valence electrons. The van der Waals surface area contributed by atoms with Crippen molar-refractivity contribution in [3.05, 3.63) is 75.9 Å². The van der Waals surface area contributed by atoms with E-state index in [0.717, 1.165) is 16.5 Å². The summed E-state index contributed by atoms with van der Waals surface area (Å²) in [6.07, 6.45) is 0. The second kappa shape index (κ2) is 7.96. The molecule has 9 heteroatoms. The van der Waals surface area contributed by atoms with Gasteiger partial charge in [0.05, 0.1) is 22.5 Å². The number of rotatable bonds is 4. The second-order valence-electron chi connectivity index (χ2n) is 8.72. The van der Waals surface area contributed by atoms with E-state index in [-0.39, 0.29) is 17.1 Å². The van der Waals surface area contributed by atoms with Gasteiger partial charge in [-0.15, -0.1) is 0 Å². The standard InChI is InChI=1S/C26H20FN3O4S/c1-14(2)19-11-21-23(12-20(19)16-5-4-6-17(10-16)34-35(27,32)33)30(3)26-24(25(21)31)18-8-7-15(13-28)9-22(18)29-26/h4-12,14,29H,1-3H3. The molecule has 0 aliphatic heterocycles. The number of nitrogens with one attached hydrogen (secondary N) is 1. The Hall–Kier alpha value is -4.16. The molecule has 2 heterocycles. The highest BCUT2D eigenvalue weighted by molar-refractivity contribution is 7.81. The van der Waals surface area contributed by atoms with Crippen LogP contribution in [0.5, 0.6) is 5.75 Å². The predicted molar refractivity (Wildman–Crippen MR) is 133 cm³/mol. The maximum Gasteiger partial charge on any atom is 0.488 e. The molecule has 0 saturated carbocycles. The van der Waals surface area contributed by atoms with E-state index in [2.05, 4.69) is 15.2 Å². The Morgan fingerprint density at radius 2 is 1.86 bits per heavy atom. The fourth-order valence-electron chi connectivity index (χ4n) is 4.61. The molecule has 0 spiro atoms. The minimum Gasteiger partial charge on any atom is -0.358 e. The number of aryl methyl sites for hydroxylation is 1. The molecule has 35 heavy (non-hydrogen) atoms. The first kappa shape index (κ1) is 22.6. The molecule has 0 atom stereocenters. The van der Waals surface area contributed by atoms with Crippen LogP contribution >= 0.6 is 0 Å². The zero-order valence-corrected chi connectivity index (χ0v) is 19.9. The van der Waals surface area contributed by atoms with Crippen molar-refractivity contribution < 1.29 is 16.5 Å². The topological polar surface area (TPSA) is 105 Å². The van der Waals surface area contributed by atoms with E-state index in [0.29, 0.717) is 38.6 Å². The van der Waals surface area contributed by atoms with Gasteiger partial charge in [0.1, 0.15) is 11.4 Å². The molecule has 2 aromatic heterocycles. The van der Waals surface area contributed by atoms with Crippen LogP contribution in [0.15, 0.2) is 59.4 Å². The van der Waals surface area contributed by atoms with Crippen LogP contribution in [0.3, 0.4) is 0 Å². The van der Waals surface area contributed by atoms with Crippen LogP contribution in [0.2, 0.25) is 0 Å². The Kier molecular flexibility index (Phi) is 5.15. The summed E-state index contributed by atoms with van der Waals surface area (Å²) in [5.41, 5.74) is 4.62. The van der Waals surface area contributed by atoms with Crippen molar-refractivity contribution >= 4 is 43.3 Å². The van der Waals surface area contributed by atoms with Gasteiger partial charge in [-0.1, -0.05) is 35.9 Å². The normalized spacial score (nSPS) is 12.0. The van der Waals surface area contributed by atoms with Crippen molar-refractivity contribution in [2.24, 2.45) is 7.05 Å². The van der Waals surface area contributed by atoms with Gasteiger partial charge in [0.15, 0.2) is 5.43 Å². The molecule has 0 radical (unpaired) electrons. The van der Waals surface area contributed by atoms with E-state index in [1.165, 1.54) is 12.1 Å². The third kappa shape index (κ3) is 3.82. The molecule has 0 bridgehead atoms. The van der Waals surface area contributed by atoms with Crippen molar-refractivity contribution in [3.63, 3.8) is 0 Å².